The van der Waals surface area contributed by atoms with Crippen LogP contribution < -0.4 is 0 Å². The Kier molecular flexibility index (Phi) is 3.83. The fraction of sp³-hybridized carbons (Fsp3) is 0. The van der Waals surface area contributed by atoms with Gasteiger partial charge in [0.15, 0.2) is 5.82 Å². The maximum absolute atomic E-state index is 8.64. The molecule has 6 aromatic carbocycles. The van der Waals surface area contributed by atoms with E-state index in [0.29, 0.717) is 11.3 Å². The molecule has 8 aromatic rings. The molecule has 0 saturated carbocycles. The molecule has 0 bridgehead atoms. The summed E-state index contributed by atoms with van der Waals surface area (Å²) in [6.07, 6.45) is 0. The average molecular weight is 503 g/mol. The van der Waals surface area contributed by atoms with Crippen LogP contribution in [0.5, 0.6) is 0 Å². The van der Waals surface area contributed by atoms with Gasteiger partial charge in [-0.05, 0) is 52.2 Å². The van der Waals surface area contributed by atoms with Crippen molar-refractivity contribution >= 4 is 43.5 Å². The lowest BCUT2D eigenvalue weighted by molar-refractivity contribution is 1.08. The van der Waals surface area contributed by atoms with Crippen LogP contribution in [0.25, 0.3) is 71.8 Å². The summed E-state index contributed by atoms with van der Waals surface area (Å²) >= 11 is 0. The Balaban J connectivity index is 1.53. The molecule has 0 spiro atoms. The molecule has 3 nitrogen and oxygen atoms in total. The molecule has 2 heterocycles. The molecule has 0 saturated heterocycles. The number of benzene rings is 6. The lowest BCUT2D eigenvalue weighted by atomic mass is 10.0. The summed E-state index contributed by atoms with van der Waals surface area (Å²) in [5, 5.41) is 5.10. The van der Waals surface area contributed by atoms with E-state index < -0.39 is 18.1 Å². The number of nitrogens with zero attached hydrogens (tertiary/aromatic N) is 3. The van der Waals surface area contributed by atoms with E-state index in [1.807, 2.05) is 54.6 Å². The van der Waals surface area contributed by atoms with Gasteiger partial charge in [-0.2, -0.15) is 0 Å². The van der Waals surface area contributed by atoms with Gasteiger partial charge in [0.2, 0.25) is 0 Å². The maximum Gasteiger partial charge on any atom is 0.162 e. The molecule has 3 heteroatoms. The summed E-state index contributed by atoms with van der Waals surface area (Å²) in [7, 11) is 0. The van der Waals surface area contributed by atoms with E-state index in [1.54, 1.807) is 0 Å². The molecule has 0 aliphatic rings. The van der Waals surface area contributed by atoms with Crippen molar-refractivity contribution in [3.63, 3.8) is 0 Å². The average Bonchev–Trinajstić information content (AvgIpc) is 3.37. The maximum atomic E-state index is 8.64. The Morgan fingerprint density at radius 1 is 0.513 bits per heavy atom. The third-order valence-corrected chi connectivity index (χ3v) is 7.26. The fourth-order valence-corrected chi connectivity index (χ4v) is 5.45. The Bertz CT molecular complexity index is 2420. The highest BCUT2D eigenvalue weighted by atomic mass is 15.1. The molecule has 0 aliphatic heterocycles. The van der Waals surface area contributed by atoms with Crippen LogP contribution in [-0.2, 0) is 0 Å². The second kappa shape index (κ2) is 8.64. The van der Waals surface area contributed by atoms with Crippen molar-refractivity contribution in [3.05, 3.63) is 139 Å². The summed E-state index contributed by atoms with van der Waals surface area (Å²) in [6, 6.07) is 34.9. The largest absolute Gasteiger partial charge is 0.293 e. The smallest absolute Gasteiger partial charge is 0.162 e. The van der Waals surface area contributed by atoms with Crippen molar-refractivity contribution in [2.75, 3.05) is 0 Å². The van der Waals surface area contributed by atoms with Crippen LogP contribution in [0.15, 0.2) is 139 Å². The summed E-state index contributed by atoms with van der Waals surface area (Å²) in [4.78, 5) is 9.75. The normalized spacial score (nSPS) is 13.4. The molecule has 0 fully saturated rings. The molecule has 182 valence electrons. The Hall–Kier alpha value is -5.28. The van der Waals surface area contributed by atoms with Gasteiger partial charge in [0.1, 0.15) is 5.82 Å². The van der Waals surface area contributed by atoms with Crippen LogP contribution >= 0.6 is 0 Å². The third kappa shape index (κ3) is 3.52. The highest BCUT2D eigenvalue weighted by molar-refractivity contribution is 6.15. The molecule has 2 aromatic heterocycles. The predicted molar refractivity (Wildman–Crippen MR) is 162 cm³/mol. The monoisotopic (exact) mass is 502 g/mol. The minimum atomic E-state index is -0.451. The molecule has 0 unspecified atom stereocenters. The Labute approximate surface area is 232 Å². The van der Waals surface area contributed by atoms with Crippen molar-refractivity contribution < 1.29 is 6.85 Å². The summed E-state index contributed by atoms with van der Waals surface area (Å²) < 4.78 is 44.0. The summed E-state index contributed by atoms with van der Waals surface area (Å²) in [5.74, 6) is 0.642. The molecular formula is C36H23N3. The lowest BCUT2D eigenvalue weighted by Crippen LogP contribution is -2.02. The molecule has 0 amide bonds. The molecule has 0 N–H and O–H groups in total. The minimum Gasteiger partial charge on any atom is -0.293 e. The molecule has 0 radical (unpaired) electrons. The fourth-order valence-electron chi connectivity index (χ4n) is 5.45. The quantitative estimate of drug-likeness (QED) is 0.241. The highest BCUT2D eigenvalue weighted by Gasteiger charge is 2.19. The summed E-state index contributed by atoms with van der Waals surface area (Å²) in [5.41, 5.74) is 4.60. The van der Waals surface area contributed by atoms with Gasteiger partial charge in [0.05, 0.1) is 23.4 Å². The van der Waals surface area contributed by atoms with Crippen LogP contribution in [0.4, 0.5) is 0 Å². The van der Waals surface area contributed by atoms with E-state index in [1.165, 1.54) is 0 Å². The van der Waals surface area contributed by atoms with E-state index >= 15 is 0 Å². The SMILES string of the molecule is [2H]c1c([2H])c([2H])c(-c2nc(-n3c4cc(-c5ccccc5)ccc4c4cc5ccccc5cc43)c3ccccc3n2)c([2H])c1[2H]. The number of para-hydroxylation sites is 1. The zero-order chi connectivity index (χ0) is 30.1. The van der Waals surface area contributed by atoms with Crippen LogP contribution in [0.2, 0.25) is 0 Å². The number of aromatic nitrogens is 3. The van der Waals surface area contributed by atoms with Crippen LogP contribution in [-0.4, -0.2) is 14.5 Å². The second-order valence-corrected chi connectivity index (χ2v) is 9.54. The van der Waals surface area contributed by atoms with Gasteiger partial charge >= 0.3 is 0 Å². The molecule has 0 atom stereocenters. The van der Waals surface area contributed by atoms with Gasteiger partial charge in [-0.15, -0.1) is 0 Å². The van der Waals surface area contributed by atoms with E-state index in [-0.39, 0.29) is 23.5 Å². The lowest BCUT2D eigenvalue weighted by Gasteiger charge is -2.13. The number of hydrogen-bond acceptors (Lipinski definition) is 2. The summed E-state index contributed by atoms with van der Waals surface area (Å²) in [6.45, 7) is 0. The minimum absolute atomic E-state index is 0.0285. The van der Waals surface area contributed by atoms with Gasteiger partial charge in [-0.25, -0.2) is 9.97 Å². The van der Waals surface area contributed by atoms with Crippen molar-refractivity contribution in [3.8, 4) is 28.3 Å². The van der Waals surface area contributed by atoms with Gasteiger partial charge < -0.3 is 0 Å². The van der Waals surface area contributed by atoms with E-state index in [2.05, 4.69) is 59.2 Å². The van der Waals surface area contributed by atoms with Crippen molar-refractivity contribution in [2.24, 2.45) is 0 Å². The first-order chi connectivity index (χ1) is 21.4. The zero-order valence-corrected chi connectivity index (χ0v) is 20.7. The van der Waals surface area contributed by atoms with Crippen LogP contribution in [0.3, 0.4) is 0 Å². The topological polar surface area (TPSA) is 30.7 Å². The predicted octanol–water partition coefficient (Wildman–Crippen LogP) is 9.21. The van der Waals surface area contributed by atoms with Gasteiger partial charge in [-0.1, -0.05) is 109 Å². The van der Waals surface area contributed by atoms with E-state index in [0.717, 1.165) is 49.1 Å². The van der Waals surface area contributed by atoms with Gasteiger partial charge in [-0.3, -0.25) is 4.57 Å². The first-order valence-electron chi connectivity index (χ1n) is 15.3. The molecular weight excluding hydrogens is 474 g/mol. The third-order valence-electron chi connectivity index (χ3n) is 7.26. The van der Waals surface area contributed by atoms with Crippen LogP contribution in [0.1, 0.15) is 6.85 Å². The number of fused-ring (bicyclic) bond motifs is 5. The molecule has 0 aliphatic carbocycles. The van der Waals surface area contributed by atoms with E-state index in [4.69, 9.17) is 16.8 Å². The molecule has 8 rings (SSSR count). The Morgan fingerprint density at radius 3 is 2.08 bits per heavy atom. The van der Waals surface area contributed by atoms with Gasteiger partial charge in [0, 0.05) is 21.7 Å². The number of hydrogen-bond donors (Lipinski definition) is 0. The molecule has 39 heavy (non-hydrogen) atoms. The van der Waals surface area contributed by atoms with Crippen LogP contribution in [0, 0.1) is 0 Å². The van der Waals surface area contributed by atoms with Gasteiger partial charge in [0.25, 0.3) is 0 Å². The Morgan fingerprint density at radius 2 is 1.23 bits per heavy atom. The first kappa shape index (κ1) is 17.3. The first-order valence-corrected chi connectivity index (χ1v) is 12.8. The van der Waals surface area contributed by atoms with Crippen molar-refractivity contribution in [1.29, 1.82) is 0 Å². The zero-order valence-electron chi connectivity index (χ0n) is 25.7. The van der Waals surface area contributed by atoms with E-state index in [9.17, 15) is 0 Å². The van der Waals surface area contributed by atoms with Crippen molar-refractivity contribution in [1.82, 2.24) is 14.5 Å². The number of rotatable bonds is 3. The highest BCUT2D eigenvalue weighted by Crippen LogP contribution is 2.38. The van der Waals surface area contributed by atoms with Crippen molar-refractivity contribution in [2.45, 2.75) is 0 Å². The second-order valence-electron chi connectivity index (χ2n) is 9.54. The standard InChI is InChI=1S/C36H23N3/c1-3-11-24(12-4-1)28-19-20-29-31-21-26-15-7-8-16-27(26)22-34(31)39(33(29)23-28)36-30-17-9-10-18-32(30)37-35(38-36)25-13-5-2-6-14-25/h1-23H/i2D,5D,6D,13D,14D.